The quantitative estimate of drug-likeness (QED) is 0.551. The van der Waals surface area contributed by atoms with Crippen molar-refractivity contribution in [1.29, 1.82) is 0 Å². The molecule has 0 radical (unpaired) electrons. The van der Waals surface area contributed by atoms with E-state index in [9.17, 15) is 4.79 Å². The highest BCUT2D eigenvalue weighted by Gasteiger charge is 2.12. The Morgan fingerprint density at radius 3 is 2.75 bits per heavy atom. The minimum atomic E-state index is -0.251. The van der Waals surface area contributed by atoms with Crippen LogP contribution in [0.4, 0.5) is 5.82 Å². The summed E-state index contributed by atoms with van der Waals surface area (Å²) in [4.78, 5) is 20.2. The summed E-state index contributed by atoms with van der Waals surface area (Å²) in [6.45, 7) is 3.97. The third kappa shape index (κ3) is 2.75. The molecule has 0 fully saturated rings. The smallest absolute Gasteiger partial charge is 0.271 e. The molecule has 0 aromatic carbocycles. The predicted molar refractivity (Wildman–Crippen MR) is 74.4 cm³/mol. The first-order chi connectivity index (χ1) is 9.55. The van der Waals surface area contributed by atoms with Crippen molar-refractivity contribution >= 4 is 11.7 Å². The minimum Gasteiger partial charge on any atom is -0.354 e. The summed E-state index contributed by atoms with van der Waals surface area (Å²) in [5, 5.41) is 6.69. The largest absolute Gasteiger partial charge is 0.354 e. The Hall–Kier alpha value is -2.48. The van der Waals surface area contributed by atoms with Crippen molar-refractivity contribution in [3.8, 4) is 5.82 Å². The second-order valence-corrected chi connectivity index (χ2v) is 4.49. The van der Waals surface area contributed by atoms with E-state index in [1.807, 2.05) is 13.8 Å². The lowest BCUT2D eigenvalue weighted by atomic mass is 10.2. The Labute approximate surface area is 116 Å². The molecule has 2 aromatic rings. The van der Waals surface area contributed by atoms with Gasteiger partial charge in [-0.1, -0.05) is 13.8 Å². The monoisotopic (exact) mass is 275 g/mol. The van der Waals surface area contributed by atoms with Gasteiger partial charge in [-0.3, -0.25) is 4.79 Å². The lowest BCUT2D eigenvalue weighted by Crippen LogP contribution is -2.19. The van der Waals surface area contributed by atoms with Crippen LogP contribution in [0.1, 0.15) is 36.1 Å². The fourth-order valence-corrected chi connectivity index (χ4v) is 1.60. The number of anilines is 1. The molecule has 20 heavy (non-hydrogen) atoms. The molecule has 0 saturated heterocycles. The zero-order valence-corrected chi connectivity index (χ0v) is 11.6. The summed E-state index contributed by atoms with van der Waals surface area (Å²) in [6, 6.07) is 3.28. The highest BCUT2D eigenvalue weighted by atomic mass is 16.1. The molecule has 0 aliphatic carbocycles. The average molecular weight is 275 g/mol. The Balaban J connectivity index is 2.43. The lowest BCUT2D eigenvalue weighted by molar-refractivity contribution is 0.0957. The van der Waals surface area contributed by atoms with Gasteiger partial charge in [0, 0.05) is 25.2 Å². The third-order valence-corrected chi connectivity index (χ3v) is 2.68. The van der Waals surface area contributed by atoms with Gasteiger partial charge in [0.15, 0.2) is 11.5 Å². The van der Waals surface area contributed by atoms with Gasteiger partial charge in [-0.25, -0.2) is 20.5 Å². The van der Waals surface area contributed by atoms with Gasteiger partial charge < -0.3 is 10.7 Å². The lowest BCUT2D eigenvalue weighted by Gasteiger charge is -2.09. The third-order valence-electron chi connectivity index (χ3n) is 2.68. The number of amides is 1. The Morgan fingerprint density at radius 1 is 1.40 bits per heavy atom. The molecule has 0 spiro atoms. The van der Waals surface area contributed by atoms with Gasteiger partial charge in [0.25, 0.3) is 5.91 Å². The first-order valence-corrected chi connectivity index (χ1v) is 6.19. The van der Waals surface area contributed by atoms with Crippen LogP contribution in [0.25, 0.3) is 5.82 Å². The Kier molecular flexibility index (Phi) is 3.94. The number of nitrogens with two attached hydrogens (primary N) is 1. The number of nitrogen functional groups attached to an aromatic ring is 1. The molecular weight excluding hydrogens is 258 g/mol. The van der Waals surface area contributed by atoms with Gasteiger partial charge >= 0.3 is 0 Å². The number of rotatable bonds is 4. The molecule has 8 nitrogen and oxygen atoms in total. The van der Waals surface area contributed by atoms with Gasteiger partial charge in [0.05, 0.1) is 0 Å². The highest BCUT2D eigenvalue weighted by Crippen LogP contribution is 2.15. The molecule has 106 valence electrons. The number of carbonyl (C=O) groups excluding carboxylic acids is 1. The fraction of sp³-hybridized carbons (Fsp3) is 0.333. The average Bonchev–Trinajstić information content (AvgIpc) is 2.95. The zero-order chi connectivity index (χ0) is 14.7. The standard InChI is InChI=1S/C12H17N7O/c1-7(2)11-15-9(17-13)6-10(16-11)19-5-4-8(18-19)12(20)14-3/h4-7H,13H2,1-3H3,(H,14,20)(H,15,16,17). The van der Waals surface area contributed by atoms with Crippen molar-refractivity contribution in [2.45, 2.75) is 19.8 Å². The molecule has 2 rings (SSSR count). The number of carbonyl (C=O) groups is 1. The van der Waals surface area contributed by atoms with Gasteiger partial charge in [-0.05, 0) is 6.07 Å². The summed E-state index contributed by atoms with van der Waals surface area (Å²) in [6.07, 6.45) is 1.66. The topological polar surface area (TPSA) is 111 Å². The molecular formula is C12H17N7O. The van der Waals surface area contributed by atoms with Crippen molar-refractivity contribution in [2.24, 2.45) is 5.84 Å². The Morgan fingerprint density at radius 2 is 2.15 bits per heavy atom. The van der Waals surface area contributed by atoms with E-state index < -0.39 is 0 Å². The highest BCUT2D eigenvalue weighted by molar-refractivity contribution is 5.91. The zero-order valence-electron chi connectivity index (χ0n) is 11.6. The fourth-order valence-electron chi connectivity index (χ4n) is 1.60. The number of aromatic nitrogens is 4. The van der Waals surface area contributed by atoms with E-state index in [0.717, 1.165) is 0 Å². The van der Waals surface area contributed by atoms with Crippen LogP contribution < -0.4 is 16.6 Å². The molecule has 8 heteroatoms. The molecule has 2 aromatic heterocycles. The summed E-state index contributed by atoms with van der Waals surface area (Å²) in [5.74, 6) is 6.99. The van der Waals surface area contributed by atoms with Crippen LogP contribution >= 0.6 is 0 Å². The van der Waals surface area contributed by atoms with Crippen molar-refractivity contribution in [1.82, 2.24) is 25.1 Å². The maximum atomic E-state index is 11.5. The van der Waals surface area contributed by atoms with Gasteiger partial charge in [-0.15, -0.1) is 0 Å². The predicted octanol–water partition coefficient (Wildman–Crippen LogP) is 0.431. The molecule has 0 aliphatic rings. The van der Waals surface area contributed by atoms with E-state index in [0.29, 0.717) is 23.2 Å². The number of hydrogen-bond donors (Lipinski definition) is 3. The first-order valence-electron chi connectivity index (χ1n) is 6.19. The van der Waals surface area contributed by atoms with E-state index in [2.05, 4.69) is 25.8 Å². The van der Waals surface area contributed by atoms with Gasteiger partial charge in [0.1, 0.15) is 11.6 Å². The second-order valence-electron chi connectivity index (χ2n) is 4.49. The van der Waals surface area contributed by atoms with Crippen LogP contribution in [0.5, 0.6) is 0 Å². The van der Waals surface area contributed by atoms with Crippen molar-refractivity contribution in [2.75, 3.05) is 12.5 Å². The van der Waals surface area contributed by atoms with Crippen LogP contribution in [0.3, 0.4) is 0 Å². The van der Waals surface area contributed by atoms with Gasteiger partial charge in [0.2, 0.25) is 0 Å². The van der Waals surface area contributed by atoms with E-state index >= 15 is 0 Å². The Bertz CT molecular complexity index is 620. The summed E-state index contributed by atoms with van der Waals surface area (Å²) in [5.41, 5.74) is 2.82. The number of hydrazine groups is 1. The van der Waals surface area contributed by atoms with Gasteiger partial charge in [-0.2, -0.15) is 5.10 Å². The normalized spacial score (nSPS) is 10.7. The molecule has 0 atom stereocenters. The van der Waals surface area contributed by atoms with Crippen LogP contribution in [0, 0.1) is 0 Å². The molecule has 1 amide bonds. The summed E-state index contributed by atoms with van der Waals surface area (Å²) in [7, 11) is 1.55. The molecule has 4 N–H and O–H groups in total. The van der Waals surface area contributed by atoms with E-state index in [-0.39, 0.29) is 11.8 Å². The first kappa shape index (κ1) is 13.9. The second kappa shape index (κ2) is 5.66. The summed E-state index contributed by atoms with van der Waals surface area (Å²) >= 11 is 0. The molecule has 0 bridgehead atoms. The van der Waals surface area contributed by atoms with E-state index in [1.165, 1.54) is 4.68 Å². The van der Waals surface area contributed by atoms with E-state index in [1.54, 1.807) is 25.4 Å². The van der Waals surface area contributed by atoms with Crippen LogP contribution in [0.15, 0.2) is 18.3 Å². The maximum Gasteiger partial charge on any atom is 0.271 e. The van der Waals surface area contributed by atoms with Crippen molar-refractivity contribution in [3.05, 3.63) is 29.8 Å². The summed E-state index contributed by atoms with van der Waals surface area (Å²) < 4.78 is 1.51. The minimum absolute atomic E-state index is 0.149. The van der Waals surface area contributed by atoms with Crippen LogP contribution in [0.2, 0.25) is 0 Å². The number of nitrogens with zero attached hydrogens (tertiary/aromatic N) is 4. The molecule has 0 aliphatic heterocycles. The van der Waals surface area contributed by atoms with Crippen molar-refractivity contribution in [3.63, 3.8) is 0 Å². The number of hydrogen-bond acceptors (Lipinski definition) is 6. The van der Waals surface area contributed by atoms with Crippen LogP contribution in [-0.2, 0) is 0 Å². The van der Waals surface area contributed by atoms with Crippen LogP contribution in [-0.4, -0.2) is 32.7 Å². The molecule has 2 heterocycles. The molecule has 0 saturated carbocycles. The maximum absolute atomic E-state index is 11.5. The number of nitrogens with one attached hydrogen (secondary N) is 2. The van der Waals surface area contributed by atoms with Crippen molar-refractivity contribution < 1.29 is 4.79 Å². The SMILES string of the molecule is CNC(=O)c1ccn(-c2cc(NN)nc(C(C)C)n2)n1. The molecule has 0 unspecified atom stereocenters. The van der Waals surface area contributed by atoms with E-state index in [4.69, 9.17) is 5.84 Å².